The molecular weight excluding hydrogens is 381 g/mol. The molecule has 0 amide bonds. The van der Waals surface area contributed by atoms with Crippen molar-refractivity contribution in [2.24, 2.45) is 5.92 Å². The topological polar surface area (TPSA) is 40.5 Å². The van der Waals surface area contributed by atoms with Crippen LogP contribution in [0.5, 0.6) is 0 Å². The summed E-state index contributed by atoms with van der Waals surface area (Å²) in [7, 11) is 0. The fraction of sp³-hybridized carbons (Fsp3) is 0.350. The molecule has 1 fully saturated rings. The zero-order valence-corrected chi connectivity index (χ0v) is 14.7. The van der Waals surface area contributed by atoms with Gasteiger partial charge in [-0.25, -0.2) is 8.78 Å². The lowest BCUT2D eigenvalue weighted by Crippen LogP contribution is -2.39. The summed E-state index contributed by atoms with van der Waals surface area (Å²) in [6.45, 7) is 0.545. The Hall–Kier alpha value is -2.48. The van der Waals surface area contributed by atoms with Gasteiger partial charge in [0, 0.05) is 11.6 Å². The average Bonchev–Trinajstić information content (AvgIpc) is 2.64. The van der Waals surface area contributed by atoms with Crippen LogP contribution in [0.15, 0.2) is 42.5 Å². The van der Waals surface area contributed by atoms with E-state index in [-0.39, 0.29) is 24.2 Å². The van der Waals surface area contributed by atoms with E-state index in [4.69, 9.17) is 5.11 Å². The van der Waals surface area contributed by atoms with Crippen molar-refractivity contribution in [1.82, 2.24) is 4.90 Å². The Kier molecular flexibility index (Phi) is 5.69. The van der Waals surface area contributed by atoms with Gasteiger partial charge in [0.15, 0.2) is 0 Å². The first-order valence-corrected chi connectivity index (χ1v) is 8.76. The van der Waals surface area contributed by atoms with Crippen molar-refractivity contribution in [2.45, 2.75) is 25.1 Å². The maximum atomic E-state index is 14.5. The number of aliphatic carboxylic acids is 1. The Morgan fingerprint density at radius 3 is 2.32 bits per heavy atom. The van der Waals surface area contributed by atoms with E-state index in [0.717, 1.165) is 18.2 Å². The SMILES string of the molecule is O=C(O)C1CCN(C(c2cccc(C(F)(F)F)c2)c2ccc(F)cc2F)CC1. The predicted molar refractivity (Wildman–Crippen MR) is 91.6 cm³/mol. The number of halogens is 5. The number of carbonyl (C=O) groups is 1. The summed E-state index contributed by atoms with van der Waals surface area (Å²) >= 11 is 0. The highest BCUT2D eigenvalue weighted by Gasteiger charge is 2.34. The average molecular weight is 399 g/mol. The highest BCUT2D eigenvalue weighted by Crippen LogP contribution is 2.37. The Morgan fingerprint density at radius 2 is 1.75 bits per heavy atom. The first-order valence-electron chi connectivity index (χ1n) is 8.76. The number of hydrogen-bond donors (Lipinski definition) is 1. The van der Waals surface area contributed by atoms with E-state index in [1.54, 1.807) is 4.90 Å². The van der Waals surface area contributed by atoms with Gasteiger partial charge in [0.1, 0.15) is 11.6 Å². The monoisotopic (exact) mass is 399 g/mol. The maximum absolute atomic E-state index is 14.5. The van der Waals surface area contributed by atoms with Crippen molar-refractivity contribution >= 4 is 5.97 Å². The molecule has 1 N–H and O–H groups in total. The summed E-state index contributed by atoms with van der Waals surface area (Å²) in [5.74, 6) is -3.11. The molecule has 0 bridgehead atoms. The molecule has 2 aromatic carbocycles. The number of likely N-dealkylation sites (tertiary alicyclic amines) is 1. The van der Waals surface area contributed by atoms with E-state index in [1.165, 1.54) is 18.2 Å². The molecule has 1 heterocycles. The van der Waals surface area contributed by atoms with E-state index in [1.807, 2.05) is 0 Å². The van der Waals surface area contributed by atoms with Crippen molar-refractivity contribution in [2.75, 3.05) is 13.1 Å². The zero-order chi connectivity index (χ0) is 20.5. The van der Waals surface area contributed by atoms with Gasteiger partial charge >= 0.3 is 12.1 Å². The van der Waals surface area contributed by atoms with Crippen LogP contribution in [0.2, 0.25) is 0 Å². The fourth-order valence-electron chi connectivity index (χ4n) is 3.60. The number of nitrogens with zero attached hydrogens (tertiary/aromatic N) is 1. The minimum absolute atomic E-state index is 0.0505. The minimum Gasteiger partial charge on any atom is -0.481 e. The van der Waals surface area contributed by atoms with Gasteiger partial charge in [0.25, 0.3) is 0 Å². The minimum atomic E-state index is -4.56. The molecule has 0 saturated carbocycles. The first kappa shape index (κ1) is 20.3. The standard InChI is InChI=1S/C20H18F5NO2/c21-15-4-5-16(17(22)11-15)18(26-8-6-12(7-9-26)19(27)28)13-2-1-3-14(10-13)20(23,24)25/h1-5,10-12,18H,6-9H2,(H,27,28). The number of alkyl halides is 3. The second kappa shape index (κ2) is 7.87. The summed E-state index contributed by atoms with van der Waals surface area (Å²) in [4.78, 5) is 12.9. The zero-order valence-electron chi connectivity index (χ0n) is 14.7. The van der Waals surface area contributed by atoms with Gasteiger partial charge in [0.05, 0.1) is 17.5 Å². The van der Waals surface area contributed by atoms with Gasteiger partial charge in [-0.05, 0) is 49.7 Å². The summed E-state index contributed by atoms with van der Waals surface area (Å²) in [6, 6.07) is 6.69. The van der Waals surface area contributed by atoms with Crippen LogP contribution in [-0.4, -0.2) is 29.1 Å². The van der Waals surface area contributed by atoms with Crippen LogP contribution in [-0.2, 0) is 11.0 Å². The largest absolute Gasteiger partial charge is 0.481 e. The molecule has 0 aliphatic carbocycles. The number of hydrogen-bond acceptors (Lipinski definition) is 2. The summed E-state index contributed by atoms with van der Waals surface area (Å²) in [5, 5.41) is 9.15. The second-order valence-corrected chi connectivity index (χ2v) is 6.84. The lowest BCUT2D eigenvalue weighted by atomic mass is 9.90. The van der Waals surface area contributed by atoms with Crippen LogP contribution in [0.3, 0.4) is 0 Å². The van der Waals surface area contributed by atoms with Gasteiger partial charge in [-0.3, -0.25) is 9.69 Å². The smallest absolute Gasteiger partial charge is 0.416 e. The van der Waals surface area contributed by atoms with Crippen LogP contribution in [0.4, 0.5) is 22.0 Å². The third-order valence-corrected chi connectivity index (χ3v) is 5.03. The highest BCUT2D eigenvalue weighted by molar-refractivity contribution is 5.70. The molecule has 8 heteroatoms. The first-order chi connectivity index (χ1) is 13.2. The van der Waals surface area contributed by atoms with Gasteiger partial charge < -0.3 is 5.11 Å². The number of carboxylic acids is 1. The molecule has 0 aromatic heterocycles. The molecule has 1 aliphatic heterocycles. The Bertz CT molecular complexity index is 860. The molecule has 1 atom stereocenters. The van der Waals surface area contributed by atoms with Crippen molar-refractivity contribution in [3.05, 3.63) is 70.8 Å². The van der Waals surface area contributed by atoms with E-state index in [0.29, 0.717) is 18.9 Å². The molecule has 2 aromatic rings. The third kappa shape index (κ3) is 4.32. The Labute approximate surface area is 158 Å². The highest BCUT2D eigenvalue weighted by atomic mass is 19.4. The van der Waals surface area contributed by atoms with Crippen molar-refractivity contribution in [3.63, 3.8) is 0 Å². The summed E-state index contributed by atoms with van der Waals surface area (Å²) in [6.07, 6.45) is -3.96. The third-order valence-electron chi connectivity index (χ3n) is 5.03. The van der Waals surface area contributed by atoms with Crippen LogP contribution in [0.1, 0.15) is 35.6 Å². The maximum Gasteiger partial charge on any atom is 0.416 e. The molecule has 1 unspecified atom stereocenters. The number of benzene rings is 2. The molecule has 1 saturated heterocycles. The summed E-state index contributed by atoms with van der Waals surface area (Å²) < 4.78 is 67.3. The van der Waals surface area contributed by atoms with E-state index >= 15 is 0 Å². The molecule has 28 heavy (non-hydrogen) atoms. The van der Waals surface area contributed by atoms with Crippen LogP contribution >= 0.6 is 0 Å². The fourth-order valence-corrected chi connectivity index (χ4v) is 3.60. The summed E-state index contributed by atoms with van der Waals surface area (Å²) in [5.41, 5.74) is -0.596. The molecular formula is C20H18F5NO2. The second-order valence-electron chi connectivity index (χ2n) is 6.84. The van der Waals surface area contributed by atoms with E-state index in [2.05, 4.69) is 0 Å². The van der Waals surface area contributed by atoms with Gasteiger partial charge in [-0.15, -0.1) is 0 Å². The lowest BCUT2D eigenvalue weighted by molar-refractivity contribution is -0.143. The molecule has 1 aliphatic rings. The normalized spacial score (nSPS) is 17.5. The van der Waals surface area contributed by atoms with Crippen molar-refractivity contribution in [3.8, 4) is 0 Å². The van der Waals surface area contributed by atoms with E-state index in [9.17, 15) is 26.7 Å². The van der Waals surface area contributed by atoms with Gasteiger partial charge in [-0.2, -0.15) is 13.2 Å². The van der Waals surface area contributed by atoms with Crippen LogP contribution in [0, 0.1) is 17.6 Å². The number of piperidine rings is 1. The van der Waals surface area contributed by atoms with E-state index < -0.39 is 41.3 Å². The van der Waals surface area contributed by atoms with Crippen molar-refractivity contribution in [1.29, 1.82) is 0 Å². The Morgan fingerprint density at radius 1 is 1.07 bits per heavy atom. The quantitative estimate of drug-likeness (QED) is 0.746. The Balaban J connectivity index is 2.02. The van der Waals surface area contributed by atoms with Gasteiger partial charge in [0.2, 0.25) is 0 Å². The van der Waals surface area contributed by atoms with Gasteiger partial charge in [-0.1, -0.05) is 18.2 Å². The molecule has 150 valence electrons. The predicted octanol–water partition coefficient (Wildman–Crippen LogP) is 4.87. The molecule has 0 radical (unpaired) electrons. The van der Waals surface area contributed by atoms with Crippen LogP contribution < -0.4 is 0 Å². The molecule has 3 nitrogen and oxygen atoms in total. The number of rotatable bonds is 4. The lowest BCUT2D eigenvalue weighted by Gasteiger charge is -2.37. The van der Waals surface area contributed by atoms with Crippen LogP contribution in [0.25, 0.3) is 0 Å². The molecule has 3 rings (SSSR count). The number of carboxylic acid groups (broad SMARTS) is 1. The molecule has 0 spiro atoms. The van der Waals surface area contributed by atoms with Crippen molar-refractivity contribution < 1.29 is 31.9 Å².